The molecule has 18 heavy (non-hydrogen) atoms. The molecular weight excluding hydrogens is 224 g/mol. The zero-order valence-electron chi connectivity index (χ0n) is 13.0. The first-order chi connectivity index (χ1) is 8.37. The van der Waals surface area contributed by atoms with Crippen molar-refractivity contribution < 1.29 is 5.11 Å². The van der Waals surface area contributed by atoms with E-state index in [9.17, 15) is 5.11 Å². The summed E-state index contributed by atoms with van der Waals surface area (Å²) in [6.07, 6.45) is 6.23. The van der Waals surface area contributed by atoms with Crippen LogP contribution in [-0.4, -0.2) is 61.3 Å². The van der Waals surface area contributed by atoms with Crippen molar-refractivity contribution in [1.82, 2.24) is 9.80 Å². The van der Waals surface area contributed by atoms with Gasteiger partial charge in [0.05, 0.1) is 0 Å². The Balaban J connectivity index is 2.52. The number of hydrogen-bond acceptors (Lipinski definition) is 3. The van der Waals surface area contributed by atoms with Crippen LogP contribution in [0, 0.1) is 5.41 Å². The number of nitrogens with zero attached hydrogens (tertiary/aromatic N) is 2. The number of hydrogen-bond donors (Lipinski definition) is 1. The predicted octanol–water partition coefficient (Wildman–Crippen LogP) is 2.20. The van der Waals surface area contributed by atoms with E-state index in [0.717, 1.165) is 25.9 Å². The summed E-state index contributed by atoms with van der Waals surface area (Å²) >= 11 is 0. The van der Waals surface area contributed by atoms with E-state index in [1.165, 1.54) is 19.3 Å². The first-order valence-electron chi connectivity index (χ1n) is 7.34. The minimum Gasteiger partial charge on any atom is -0.396 e. The molecule has 1 unspecified atom stereocenters. The molecule has 0 aromatic carbocycles. The van der Waals surface area contributed by atoms with Crippen LogP contribution in [0.1, 0.15) is 46.0 Å². The van der Waals surface area contributed by atoms with Crippen LogP contribution < -0.4 is 0 Å². The SMILES string of the molecule is CCCC(C)(CO)CN(C)CC1(N(C)C)CCC1. The third kappa shape index (κ3) is 3.69. The molecule has 1 aliphatic rings. The second-order valence-corrected chi connectivity index (χ2v) is 6.86. The smallest absolute Gasteiger partial charge is 0.0497 e. The highest BCUT2D eigenvalue weighted by atomic mass is 16.3. The summed E-state index contributed by atoms with van der Waals surface area (Å²) < 4.78 is 0. The Morgan fingerprint density at radius 1 is 1.22 bits per heavy atom. The van der Waals surface area contributed by atoms with Crippen molar-refractivity contribution in [3.63, 3.8) is 0 Å². The molecule has 1 N–H and O–H groups in total. The van der Waals surface area contributed by atoms with Crippen LogP contribution in [0.25, 0.3) is 0 Å². The third-order valence-electron chi connectivity index (χ3n) is 4.68. The van der Waals surface area contributed by atoms with Crippen LogP contribution >= 0.6 is 0 Å². The summed E-state index contributed by atoms with van der Waals surface area (Å²) in [6.45, 7) is 6.81. The van der Waals surface area contributed by atoms with Crippen molar-refractivity contribution in [2.24, 2.45) is 5.41 Å². The molecule has 3 nitrogen and oxygen atoms in total. The molecule has 0 aromatic rings. The molecular formula is C15H32N2O. The van der Waals surface area contributed by atoms with Gasteiger partial charge in [-0.3, -0.25) is 0 Å². The molecule has 0 spiro atoms. The normalized spacial score (nSPS) is 22.0. The average Bonchev–Trinajstić information content (AvgIpc) is 2.23. The van der Waals surface area contributed by atoms with Gasteiger partial charge in [-0.1, -0.05) is 20.3 Å². The Hall–Kier alpha value is -0.120. The van der Waals surface area contributed by atoms with Gasteiger partial charge in [-0.05, 0) is 46.8 Å². The maximum absolute atomic E-state index is 9.61. The Bertz CT molecular complexity index is 251. The molecule has 0 radical (unpaired) electrons. The Morgan fingerprint density at radius 3 is 2.17 bits per heavy atom. The van der Waals surface area contributed by atoms with Gasteiger partial charge in [-0.15, -0.1) is 0 Å². The minimum atomic E-state index is 0.0563. The van der Waals surface area contributed by atoms with E-state index in [1.54, 1.807) is 0 Å². The molecule has 0 saturated heterocycles. The molecule has 3 heteroatoms. The zero-order valence-corrected chi connectivity index (χ0v) is 13.0. The molecule has 0 bridgehead atoms. The summed E-state index contributed by atoms with van der Waals surface area (Å²) in [6, 6.07) is 0. The van der Waals surface area contributed by atoms with Gasteiger partial charge in [0.15, 0.2) is 0 Å². The van der Waals surface area contributed by atoms with Crippen molar-refractivity contribution in [2.45, 2.75) is 51.5 Å². The van der Waals surface area contributed by atoms with Crippen LogP contribution in [0.4, 0.5) is 0 Å². The molecule has 0 aliphatic heterocycles. The van der Waals surface area contributed by atoms with Gasteiger partial charge >= 0.3 is 0 Å². The van der Waals surface area contributed by atoms with Crippen molar-refractivity contribution >= 4 is 0 Å². The van der Waals surface area contributed by atoms with Crippen molar-refractivity contribution in [1.29, 1.82) is 0 Å². The average molecular weight is 256 g/mol. The monoisotopic (exact) mass is 256 g/mol. The largest absolute Gasteiger partial charge is 0.396 e. The van der Waals surface area contributed by atoms with Crippen LogP contribution in [0.2, 0.25) is 0 Å². The maximum atomic E-state index is 9.61. The maximum Gasteiger partial charge on any atom is 0.0497 e. The van der Waals surface area contributed by atoms with E-state index in [1.807, 2.05) is 0 Å². The molecule has 1 rings (SSSR count). The van der Waals surface area contributed by atoms with E-state index in [2.05, 4.69) is 44.8 Å². The van der Waals surface area contributed by atoms with Crippen molar-refractivity contribution in [3.05, 3.63) is 0 Å². The lowest BCUT2D eigenvalue weighted by atomic mass is 9.75. The van der Waals surface area contributed by atoms with E-state index >= 15 is 0 Å². The highest BCUT2D eigenvalue weighted by Crippen LogP contribution is 2.37. The Kier molecular flexibility index (Phi) is 5.63. The summed E-state index contributed by atoms with van der Waals surface area (Å²) in [5, 5.41) is 9.61. The molecule has 0 heterocycles. The molecule has 0 amide bonds. The first kappa shape index (κ1) is 15.9. The number of aliphatic hydroxyl groups is 1. The van der Waals surface area contributed by atoms with E-state index < -0.39 is 0 Å². The van der Waals surface area contributed by atoms with Crippen LogP contribution in [0.5, 0.6) is 0 Å². The van der Waals surface area contributed by atoms with Gasteiger partial charge in [-0.25, -0.2) is 0 Å². The highest BCUT2D eigenvalue weighted by Gasteiger charge is 2.40. The zero-order chi connectivity index (χ0) is 13.8. The molecule has 1 saturated carbocycles. The van der Waals surface area contributed by atoms with Gasteiger partial charge in [0.25, 0.3) is 0 Å². The fraction of sp³-hybridized carbons (Fsp3) is 1.00. The Labute approximate surface area is 113 Å². The van der Waals surface area contributed by atoms with E-state index in [4.69, 9.17) is 0 Å². The second-order valence-electron chi connectivity index (χ2n) is 6.86. The number of rotatable bonds is 8. The molecule has 1 atom stereocenters. The molecule has 1 fully saturated rings. The predicted molar refractivity (Wildman–Crippen MR) is 77.9 cm³/mol. The summed E-state index contributed by atoms with van der Waals surface area (Å²) in [4.78, 5) is 4.81. The van der Waals surface area contributed by atoms with Crippen LogP contribution in [0.15, 0.2) is 0 Å². The topological polar surface area (TPSA) is 26.7 Å². The van der Waals surface area contributed by atoms with Crippen LogP contribution in [0.3, 0.4) is 0 Å². The highest BCUT2D eigenvalue weighted by molar-refractivity contribution is 4.98. The van der Waals surface area contributed by atoms with Crippen molar-refractivity contribution in [2.75, 3.05) is 40.8 Å². The molecule has 1 aliphatic carbocycles. The number of aliphatic hydroxyl groups excluding tert-OH is 1. The van der Waals surface area contributed by atoms with E-state index in [-0.39, 0.29) is 5.41 Å². The van der Waals surface area contributed by atoms with Crippen LogP contribution in [-0.2, 0) is 0 Å². The first-order valence-corrected chi connectivity index (χ1v) is 7.34. The number of likely N-dealkylation sites (N-methyl/N-ethyl adjacent to an activating group) is 2. The summed E-state index contributed by atoms with van der Waals surface area (Å²) in [5.74, 6) is 0. The molecule has 0 aromatic heterocycles. The standard InChI is InChI=1S/C15H32N2O/c1-6-8-14(2,13-18)11-17(5)12-15(16(3)4)9-7-10-15/h18H,6-13H2,1-5H3. The summed E-state index contributed by atoms with van der Waals surface area (Å²) in [7, 11) is 6.60. The lowest BCUT2D eigenvalue weighted by molar-refractivity contribution is 0.00770. The van der Waals surface area contributed by atoms with Gasteiger partial charge in [-0.2, -0.15) is 0 Å². The van der Waals surface area contributed by atoms with E-state index in [0.29, 0.717) is 12.1 Å². The quantitative estimate of drug-likeness (QED) is 0.721. The van der Waals surface area contributed by atoms with Gasteiger partial charge < -0.3 is 14.9 Å². The fourth-order valence-corrected chi connectivity index (χ4v) is 3.35. The second kappa shape index (κ2) is 6.36. The lowest BCUT2D eigenvalue weighted by Gasteiger charge is -2.50. The third-order valence-corrected chi connectivity index (χ3v) is 4.68. The fourth-order valence-electron chi connectivity index (χ4n) is 3.35. The Morgan fingerprint density at radius 2 is 1.83 bits per heavy atom. The van der Waals surface area contributed by atoms with Crippen molar-refractivity contribution in [3.8, 4) is 0 Å². The lowest BCUT2D eigenvalue weighted by Crippen LogP contribution is -2.57. The summed E-state index contributed by atoms with van der Waals surface area (Å²) in [5.41, 5.74) is 0.443. The minimum absolute atomic E-state index is 0.0563. The van der Waals surface area contributed by atoms with Gasteiger partial charge in [0, 0.05) is 30.7 Å². The van der Waals surface area contributed by atoms with Gasteiger partial charge in [0.2, 0.25) is 0 Å². The van der Waals surface area contributed by atoms with Gasteiger partial charge in [0.1, 0.15) is 0 Å². The molecule has 108 valence electrons.